The molecule has 5 heteroatoms. The Morgan fingerprint density at radius 3 is 2.42 bits per heavy atom. The largest absolute Gasteiger partial charge is 0.497 e. The molecule has 0 N–H and O–H groups in total. The third-order valence-corrected chi connectivity index (χ3v) is 5.94. The maximum atomic E-state index is 6.67. The quantitative estimate of drug-likeness (QED) is 0.847. The van der Waals surface area contributed by atoms with E-state index in [1.807, 2.05) is 36.4 Å². The van der Waals surface area contributed by atoms with Crippen molar-refractivity contribution in [2.24, 2.45) is 0 Å². The summed E-state index contributed by atoms with van der Waals surface area (Å²) in [5, 5.41) is 0. The minimum Gasteiger partial charge on any atom is -0.497 e. The molecule has 0 saturated carbocycles. The summed E-state index contributed by atoms with van der Waals surface area (Å²) in [5.74, 6) is 0.816. The maximum Gasteiger partial charge on any atom is 0.149 e. The molecule has 3 aliphatic rings. The summed E-state index contributed by atoms with van der Waals surface area (Å²) in [4.78, 5) is 2.24. The Kier molecular flexibility index (Phi) is 3.46. The van der Waals surface area contributed by atoms with Crippen LogP contribution >= 0.6 is 0 Å². The van der Waals surface area contributed by atoms with Gasteiger partial charge in [-0.05, 0) is 37.1 Å². The number of hydrogen-bond donors (Lipinski definition) is 0. The molecule has 3 aliphatic heterocycles. The Hall–Kier alpha value is -1.92. The van der Waals surface area contributed by atoms with Crippen LogP contribution in [-0.2, 0) is 25.4 Å². The van der Waals surface area contributed by atoms with Crippen LogP contribution in [0.25, 0.3) is 0 Å². The molecule has 136 valence electrons. The Morgan fingerprint density at radius 2 is 1.65 bits per heavy atom. The molecule has 3 heterocycles. The first kappa shape index (κ1) is 16.3. The fraction of sp³-hybridized carbons (Fsp3) is 0.429. The highest BCUT2D eigenvalue weighted by Crippen LogP contribution is 2.55. The first-order valence-electron chi connectivity index (χ1n) is 9.01. The van der Waals surface area contributed by atoms with Gasteiger partial charge in [-0.2, -0.15) is 0 Å². The van der Waals surface area contributed by atoms with E-state index in [1.165, 1.54) is 0 Å². The first-order valence-corrected chi connectivity index (χ1v) is 9.01. The van der Waals surface area contributed by atoms with E-state index >= 15 is 0 Å². The molecule has 5 nitrogen and oxygen atoms in total. The molecule has 2 aromatic rings. The highest BCUT2D eigenvalue weighted by atomic mass is 16.7. The van der Waals surface area contributed by atoms with Crippen LogP contribution in [0, 0.1) is 0 Å². The van der Waals surface area contributed by atoms with Crippen LogP contribution in [0.15, 0.2) is 54.6 Å². The van der Waals surface area contributed by atoms with Gasteiger partial charge in [-0.15, -0.1) is 0 Å². The van der Waals surface area contributed by atoms with Gasteiger partial charge in [0.2, 0.25) is 0 Å². The topological polar surface area (TPSA) is 40.2 Å². The van der Waals surface area contributed by atoms with E-state index in [0.717, 1.165) is 16.9 Å². The molecule has 26 heavy (non-hydrogen) atoms. The molecule has 3 fully saturated rings. The summed E-state index contributed by atoms with van der Waals surface area (Å²) in [6.07, 6.45) is -0.489. The SMILES string of the molecule is COc1cccc([C@@]2(C)O[C@H]3CO[C@@H]4N3[C@H]2O[C@@]4(C)c2ccccc2)c1. The molecule has 5 atom stereocenters. The molecule has 0 aliphatic carbocycles. The van der Waals surface area contributed by atoms with E-state index in [2.05, 4.69) is 36.9 Å². The van der Waals surface area contributed by atoms with Crippen molar-refractivity contribution in [3.63, 3.8) is 0 Å². The minimum absolute atomic E-state index is 0.105. The van der Waals surface area contributed by atoms with E-state index in [-0.39, 0.29) is 18.7 Å². The Morgan fingerprint density at radius 1 is 0.923 bits per heavy atom. The van der Waals surface area contributed by atoms with Crippen LogP contribution in [-0.4, -0.2) is 37.3 Å². The lowest BCUT2D eigenvalue weighted by atomic mass is 9.94. The highest BCUT2D eigenvalue weighted by molar-refractivity contribution is 5.35. The van der Waals surface area contributed by atoms with Crippen LogP contribution in [0.2, 0.25) is 0 Å². The van der Waals surface area contributed by atoms with Crippen LogP contribution in [0.3, 0.4) is 0 Å². The van der Waals surface area contributed by atoms with E-state index in [9.17, 15) is 0 Å². The second kappa shape index (κ2) is 5.54. The Labute approximate surface area is 153 Å². The molecule has 0 radical (unpaired) electrons. The van der Waals surface area contributed by atoms with Gasteiger partial charge in [0.1, 0.15) is 35.6 Å². The van der Waals surface area contributed by atoms with E-state index in [0.29, 0.717) is 6.61 Å². The van der Waals surface area contributed by atoms with Crippen molar-refractivity contribution in [1.82, 2.24) is 4.90 Å². The summed E-state index contributed by atoms with van der Waals surface area (Å²) >= 11 is 0. The van der Waals surface area contributed by atoms with Crippen molar-refractivity contribution >= 4 is 0 Å². The molecule has 2 aromatic carbocycles. The van der Waals surface area contributed by atoms with Crippen molar-refractivity contribution in [2.75, 3.05) is 13.7 Å². The molecular formula is C21H23NO4. The van der Waals surface area contributed by atoms with Crippen molar-refractivity contribution in [3.05, 3.63) is 65.7 Å². The highest BCUT2D eigenvalue weighted by Gasteiger charge is 2.68. The van der Waals surface area contributed by atoms with Gasteiger partial charge in [-0.1, -0.05) is 42.5 Å². The molecule has 0 amide bonds. The normalized spacial score (nSPS) is 38.5. The summed E-state index contributed by atoms with van der Waals surface area (Å²) in [7, 11) is 1.68. The molecule has 0 spiro atoms. The predicted octanol–water partition coefficient (Wildman–Crippen LogP) is 3.20. The van der Waals surface area contributed by atoms with Crippen molar-refractivity contribution in [2.45, 2.75) is 43.7 Å². The summed E-state index contributed by atoms with van der Waals surface area (Å²) < 4.78 is 24.6. The molecule has 5 rings (SSSR count). The number of ether oxygens (including phenoxy) is 4. The summed E-state index contributed by atoms with van der Waals surface area (Å²) in [5.41, 5.74) is 1.04. The number of rotatable bonds is 3. The summed E-state index contributed by atoms with van der Waals surface area (Å²) in [6.45, 7) is 4.75. The average Bonchev–Trinajstić information content (AvgIpc) is 3.31. The van der Waals surface area contributed by atoms with Gasteiger partial charge < -0.3 is 18.9 Å². The number of benzene rings is 2. The van der Waals surface area contributed by atoms with Gasteiger partial charge >= 0.3 is 0 Å². The van der Waals surface area contributed by atoms with Crippen LogP contribution in [0.4, 0.5) is 0 Å². The van der Waals surface area contributed by atoms with E-state index < -0.39 is 11.2 Å². The second-order valence-electron chi connectivity index (χ2n) is 7.49. The monoisotopic (exact) mass is 353 g/mol. The third kappa shape index (κ3) is 2.06. The van der Waals surface area contributed by atoms with Gasteiger partial charge in [0, 0.05) is 0 Å². The zero-order valence-electron chi connectivity index (χ0n) is 15.2. The van der Waals surface area contributed by atoms with Crippen molar-refractivity contribution in [1.29, 1.82) is 0 Å². The Balaban J connectivity index is 1.57. The molecule has 0 aromatic heterocycles. The summed E-state index contributed by atoms with van der Waals surface area (Å²) in [6, 6.07) is 18.3. The lowest BCUT2D eigenvalue weighted by molar-refractivity contribution is -0.138. The lowest BCUT2D eigenvalue weighted by Crippen LogP contribution is -2.40. The fourth-order valence-electron chi connectivity index (χ4n) is 4.52. The van der Waals surface area contributed by atoms with Gasteiger partial charge in [0.15, 0.2) is 0 Å². The fourth-order valence-corrected chi connectivity index (χ4v) is 4.52. The third-order valence-electron chi connectivity index (χ3n) is 5.94. The first-order chi connectivity index (χ1) is 12.6. The predicted molar refractivity (Wildman–Crippen MR) is 95.5 cm³/mol. The number of hydrogen-bond acceptors (Lipinski definition) is 5. The van der Waals surface area contributed by atoms with Crippen molar-refractivity contribution in [3.8, 4) is 5.75 Å². The van der Waals surface area contributed by atoms with Crippen molar-refractivity contribution < 1.29 is 18.9 Å². The van der Waals surface area contributed by atoms with E-state index in [1.54, 1.807) is 7.11 Å². The van der Waals surface area contributed by atoms with Gasteiger partial charge in [-0.25, -0.2) is 4.90 Å². The van der Waals surface area contributed by atoms with E-state index in [4.69, 9.17) is 18.9 Å². The maximum absolute atomic E-state index is 6.67. The zero-order valence-corrected chi connectivity index (χ0v) is 15.2. The Bertz CT molecular complexity index is 828. The average molecular weight is 353 g/mol. The van der Waals surface area contributed by atoms with Crippen LogP contribution < -0.4 is 4.74 Å². The second-order valence-corrected chi connectivity index (χ2v) is 7.49. The molecule has 3 saturated heterocycles. The molecule has 0 unspecified atom stereocenters. The molecular weight excluding hydrogens is 330 g/mol. The zero-order chi connectivity index (χ0) is 17.9. The standard InChI is InChI=1S/C21H23NO4/c1-20(14-8-5-4-6-9-14)18-22-17(13-24-18)25-21(2,19(22)26-20)15-10-7-11-16(12-15)23-3/h4-12,17-19H,13H2,1-3H3/t17-,18-,19-,20-,21+/m0/s1. The number of methoxy groups -OCH3 is 1. The lowest BCUT2D eigenvalue weighted by Gasteiger charge is -2.33. The number of nitrogens with zero attached hydrogens (tertiary/aromatic N) is 1. The minimum atomic E-state index is -0.590. The van der Waals surface area contributed by atoms with Gasteiger partial charge in [-0.3, -0.25) is 0 Å². The van der Waals surface area contributed by atoms with Gasteiger partial charge in [0.25, 0.3) is 0 Å². The van der Waals surface area contributed by atoms with Crippen LogP contribution in [0.5, 0.6) is 5.75 Å². The van der Waals surface area contributed by atoms with Crippen LogP contribution in [0.1, 0.15) is 25.0 Å². The smallest absolute Gasteiger partial charge is 0.149 e. The van der Waals surface area contributed by atoms with Gasteiger partial charge in [0.05, 0.1) is 13.7 Å². The molecule has 0 bridgehead atoms.